The maximum Gasteiger partial charge on any atom is 0.0478 e. The second kappa shape index (κ2) is 7.34. The van der Waals surface area contributed by atoms with Gasteiger partial charge in [-0.2, -0.15) is 0 Å². The maximum absolute atomic E-state index is 5.45. The predicted octanol–water partition coefficient (Wildman–Crippen LogP) is 2.29. The molecule has 0 radical (unpaired) electrons. The third-order valence-electron chi connectivity index (χ3n) is 2.56. The van der Waals surface area contributed by atoms with Crippen LogP contribution in [0.4, 0.5) is 0 Å². The minimum atomic E-state index is 0.931. The van der Waals surface area contributed by atoms with Crippen LogP contribution in [0, 0.1) is 0 Å². The lowest BCUT2D eigenvalue weighted by Gasteiger charge is -2.26. The first-order chi connectivity index (χ1) is 6.43. The average molecular weight is 185 g/mol. The second-order valence-electron chi connectivity index (χ2n) is 3.87. The van der Waals surface area contributed by atoms with Gasteiger partial charge in [0, 0.05) is 19.8 Å². The molecular formula is C11H23NO. The van der Waals surface area contributed by atoms with Gasteiger partial charge in [-0.1, -0.05) is 13.3 Å². The van der Waals surface area contributed by atoms with Crippen molar-refractivity contribution in [1.29, 1.82) is 0 Å². The van der Waals surface area contributed by atoms with Crippen LogP contribution in [0.2, 0.25) is 0 Å². The van der Waals surface area contributed by atoms with Crippen molar-refractivity contribution in [2.75, 3.05) is 32.8 Å². The number of piperidine rings is 1. The number of likely N-dealkylation sites (tertiary alicyclic amines) is 1. The van der Waals surface area contributed by atoms with Crippen LogP contribution in [0.3, 0.4) is 0 Å². The van der Waals surface area contributed by atoms with Crippen molar-refractivity contribution >= 4 is 0 Å². The van der Waals surface area contributed by atoms with Gasteiger partial charge in [0.2, 0.25) is 0 Å². The lowest BCUT2D eigenvalue weighted by Crippen LogP contribution is -2.31. The van der Waals surface area contributed by atoms with E-state index in [2.05, 4.69) is 11.8 Å². The third-order valence-corrected chi connectivity index (χ3v) is 2.56. The first-order valence-electron chi connectivity index (χ1n) is 5.73. The lowest BCUT2D eigenvalue weighted by molar-refractivity contribution is 0.117. The molecule has 0 saturated carbocycles. The summed E-state index contributed by atoms with van der Waals surface area (Å²) < 4.78 is 5.45. The van der Waals surface area contributed by atoms with Crippen molar-refractivity contribution in [2.45, 2.75) is 39.0 Å². The van der Waals surface area contributed by atoms with E-state index < -0.39 is 0 Å². The van der Waals surface area contributed by atoms with Crippen LogP contribution >= 0.6 is 0 Å². The van der Waals surface area contributed by atoms with E-state index in [1.54, 1.807) is 0 Å². The molecule has 0 aromatic heterocycles. The van der Waals surface area contributed by atoms with Gasteiger partial charge in [0.25, 0.3) is 0 Å². The van der Waals surface area contributed by atoms with E-state index in [0.717, 1.165) is 19.6 Å². The van der Waals surface area contributed by atoms with E-state index in [1.807, 2.05) is 0 Å². The van der Waals surface area contributed by atoms with Crippen molar-refractivity contribution in [3.05, 3.63) is 0 Å². The summed E-state index contributed by atoms with van der Waals surface area (Å²) in [7, 11) is 0. The average Bonchev–Trinajstić information content (AvgIpc) is 2.19. The van der Waals surface area contributed by atoms with Crippen molar-refractivity contribution < 1.29 is 4.74 Å². The van der Waals surface area contributed by atoms with Crippen molar-refractivity contribution in [1.82, 2.24) is 4.90 Å². The van der Waals surface area contributed by atoms with Gasteiger partial charge < -0.3 is 9.64 Å². The summed E-state index contributed by atoms with van der Waals surface area (Å²) in [6.07, 6.45) is 6.58. The predicted molar refractivity (Wildman–Crippen MR) is 56.0 cm³/mol. The molecule has 0 unspecified atom stereocenters. The highest BCUT2D eigenvalue weighted by molar-refractivity contribution is 4.63. The molecular weight excluding hydrogens is 162 g/mol. The Hall–Kier alpha value is -0.0800. The highest BCUT2D eigenvalue weighted by atomic mass is 16.5. The zero-order chi connectivity index (χ0) is 9.36. The molecule has 1 saturated heterocycles. The summed E-state index contributed by atoms with van der Waals surface area (Å²) in [5.41, 5.74) is 0. The summed E-state index contributed by atoms with van der Waals surface area (Å²) in [4.78, 5) is 2.57. The highest BCUT2D eigenvalue weighted by Crippen LogP contribution is 2.08. The summed E-state index contributed by atoms with van der Waals surface area (Å²) in [5.74, 6) is 0. The molecule has 0 aromatic carbocycles. The molecule has 0 aliphatic carbocycles. The largest absolute Gasteiger partial charge is 0.381 e. The molecule has 0 atom stereocenters. The fraction of sp³-hybridized carbons (Fsp3) is 1.00. The van der Waals surface area contributed by atoms with Crippen LogP contribution in [-0.4, -0.2) is 37.7 Å². The topological polar surface area (TPSA) is 12.5 Å². The zero-order valence-electron chi connectivity index (χ0n) is 8.93. The van der Waals surface area contributed by atoms with E-state index in [4.69, 9.17) is 4.74 Å². The molecule has 1 aliphatic heterocycles. The Morgan fingerprint density at radius 1 is 1.08 bits per heavy atom. The normalized spacial score (nSPS) is 19.2. The number of hydrogen-bond donors (Lipinski definition) is 0. The van der Waals surface area contributed by atoms with Gasteiger partial charge in [0.15, 0.2) is 0 Å². The molecule has 78 valence electrons. The summed E-state index contributed by atoms with van der Waals surface area (Å²) in [6.45, 7) is 7.90. The van der Waals surface area contributed by atoms with Crippen molar-refractivity contribution in [3.8, 4) is 0 Å². The molecule has 0 bridgehead atoms. The number of ether oxygens (including phenoxy) is 1. The smallest absolute Gasteiger partial charge is 0.0478 e. The molecule has 2 heteroatoms. The summed E-state index contributed by atoms with van der Waals surface area (Å²) in [6, 6.07) is 0. The Kier molecular flexibility index (Phi) is 6.21. The molecule has 1 aliphatic rings. The monoisotopic (exact) mass is 185 g/mol. The standard InChI is InChI=1S/C11H23NO/c1-2-10-13-11-6-9-12-7-4-3-5-8-12/h2-11H2,1H3. The van der Waals surface area contributed by atoms with Crippen molar-refractivity contribution in [2.24, 2.45) is 0 Å². The van der Waals surface area contributed by atoms with Gasteiger partial charge in [0.05, 0.1) is 0 Å². The number of hydrogen-bond acceptors (Lipinski definition) is 2. The number of nitrogens with zero attached hydrogens (tertiary/aromatic N) is 1. The van der Waals surface area contributed by atoms with Crippen LogP contribution in [0.1, 0.15) is 39.0 Å². The van der Waals surface area contributed by atoms with E-state index in [0.29, 0.717) is 0 Å². The van der Waals surface area contributed by atoms with Crippen LogP contribution in [0.25, 0.3) is 0 Å². The van der Waals surface area contributed by atoms with Gasteiger partial charge >= 0.3 is 0 Å². The van der Waals surface area contributed by atoms with Gasteiger partial charge in [-0.25, -0.2) is 0 Å². The lowest BCUT2D eigenvalue weighted by atomic mass is 10.1. The van der Waals surface area contributed by atoms with Gasteiger partial charge in [-0.05, 0) is 38.8 Å². The zero-order valence-corrected chi connectivity index (χ0v) is 8.93. The first kappa shape index (κ1) is 11.0. The Labute approximate surface area is 82.3 Å². The van der Waals surface area contributed by atoms with E-state index in [1.165, 1.54) is 45.3 Å². The van der Waals surface area contributed by atoms with Gasteiger partial charge in [-0.15, -0.1) is 0 Å². The Balaban J connectivity index is 1.86. The van der Waals surface area contributed by atoms with E-state index in [9.17, 15) is 0 Å². The van der Waals surface area contributed by atoms with E-state index >= 15 is 0 Å². The Morgan fingerprint density at radius 2 is 1.85 bits per heavy atom. The third kappa shape index (κ3) is 5.27. The quantitative estimate of drug-likeness (QED) is 0.589. The first-order valence-corrected chi connectivity index (χ1v) is 5.73. The Morgan fingerprint density at radius 3 is 2.54 bits per heavy atom. The highest BCUT2D eigenvalue weighted by Gasteiger charge is 2.08. The summed E-state index contributed by atoms with van der Waals surface area (Å²) in [5, 5.41) is 0. The van der Waals surface area contributed by atoms with Crippen molar-refractivity contribution in [3.63, 3.8) is 0 Å². The molecule has 1 rings (SSSR count). The molecule has 13 heavy (non-hydrogen) atoms. The molecule has 0 N–H and O–H groups in total. The van der Waals surface area contributed by atoms with Crippen LogP contribution < -0.4 is 0 Å². The molecule has 0 spiro atoms. The molecule has 0 amide bonds. The second-order valence-corrected chi connectivity index (χ2v) is 3.87. The fourth-order valence-electron chi connectivity index (χ4n) is 1.82. The van der Waals surface area contributed by atoms with Crippen LogP contribution in [-0.2, 0) is 4.74 Å². The SMILES string of the molecule is CCCOCCCN1CCCCC1. The fourth-order valence-corrected chi connectivity index (χ4v) is 1.82. The van der Waals surface area contributed by atoms with Gasteiger partial charge in [0.1, 0.15) is 0 Å². The molecule has 1 fully saturated rings. The minimum Gasteiger partial charge on any atom is -0.381 e. The van der Waals surface area contributed by atoms with Crippen LogP contribution in [0.5, 0.6) is 0 Å². The van der Waals surface area contributed by atoms with Crippen LogP contribution in [0.15, 0.2) is 0 Å². The molecule has 1 heterocycles. The Bertz CT molecular complexity index is 111. The maximum atomic E-state index is 5.45. The minimum absolute atomic E-state index is 0.931. The van der Waals surface area contributed by atoms with E-state index in [-0.39, 0.29) is 0 Å². The van der Waals surface area contributed by atoms with Gasteiger partial charge in [-0.3, -0.25) is 0 Å². The summed E-state index contributed by atoms with van der Waals surface area (Å²) >= 11 is 0. The molecule has 2 nitrogen and oxygen atoms in total. The molecule has 0 aromatic rings. The number of rotatable bonds is 6.